The van der Waals surface area contributed by atoms with Crippen LogP contribution in [0.3, 0.4) is 0 Å². The van der Waals surface area contributed by atoms with Gasteiger partial charge in [0.15, 0.2) is 4.80 Å². The smallest absolute Gasteiger partial charge is 0.292 e. The molecule has 21 heavy (non-hydrogen) atoms. The van der Waals surface area contributed by atoms with E-state index >= 15 is 0 Å². The van der Waals surface area contributed by atoms with Crippen LogP contribution in [0.5, 0.6) is 0 Å². The Morgan fingerprint density at radius 3 is 2.90 bits per heavy atom. The van der Waals surface area contributed by atoms with E-state index in [1.165, 1.54) is 17.4 Å². The number of thiazole rings is 1. The van der Waals surface area contributed by atoms with Crippen molar-refractivity contribution in [2.24, 2.45) is 12.0 Å². The van der Waals surface area contributed by atoms with Crippen molar-refractivity contribution in [3.05, 3.63) is 50.8 Å². The number of aromatic nitrogens is 1. The topological polar surface area (TPSA) is 89.5 Å². The van der Waals surface area contributed by atoms with Gasteiger partial charge in [0.2, 0.25) is 5.91 Å². The summed E-state index contributed by atoms with van der Waals surface area (Å²) in [6.45, 7) is 0.294. The first-order chi connectivity index (χ1) is 10.1. The Labute approximate surface area is 124 Å². The molecule has 0 aliphatic heterocycles. The summed E-state index contributed by atoms with van der Waals surface area (Å²) in [5, 5.41) is 15.6. The highest BCUT2D eigenvalue weighted by Crippen LogP contribution is 2.22. The molecule has 110 valence electrons. The number of amides is 1. The summed E-state index contributed by atoms with van der Waals surface area (Å²) >= 11 is 1.38. The molecule has 1 aromatic heterocycles. The monoisotopic (exact) mass is 306 g/mol. The molecule has 1 aromatic carbocycles. The van der Waals surface area contributed by atoms with Crippen LogP contribution in [0, 0.1) is 10.1 Å². The van der Waals surface area contributed by atoms with E-state index in [4.69, 9.17) is 0 Å². The highest BCUT2D eigenvalue weighted by atomic mass is 32.1. The van der Waals surface area contributed by atoms with Crippen molar-refractivity contribution in [2.45, 2.75) is 6.42 Å². The maximum absolute atomic E-state index is 11.7. The molecule has 0 atom stereocenters. The number of nitrogens with one attached hydrogen (secondary N) is 1. The van der Waals surface area contributed by atoms with Gasteiger partial charge in [0, 0.05) is 37.7 Å². The summed E-state index contributed by atoms with van der Waals surface area (Å²) in [5.41, 5.74) is 0.392. The van der Waals surface area contributed by atoms with E-state index < -0.39 is 4.92 Å². The van der Waals surface area contributed by atoms with Crippen molar-refractivity contribution in [1.82, 2.24) is 4.57 Å². The second-order valence-corrected chi connectivity index (χ2v) is 5.13. The van der Waals surface area contributed by atoms with Gasteiger partial charge in [0.25, 0.3) is 5.69 Å². The second kappa shape index (κ2) is 6.80. The van der Waals surface area contributed by atoms with Crippen LogP contribution in [0.25, 0.3) is 0 Å². The van der Waals surface area contributed by atoms with E-state index in [1.54, 1.807) is 22.8 Å². The van der Waals surface area contributed by atoms with Crippen molar-refractivity contribution in [3.8, 4) is 0 Å². The highest BCUT2D eigenvalue weighted by molar-refractivity contribution is 7.07. The van der Waals surface area contributed by atoms with Crippen LogP contribution in [0.4, 0.5) is 11.4 Å². The third kappa shape index (κ3) is 3.99. The first-order valence-electron chi connectivity index (χ1n) is 6.23. The summed E-state index contributed by atoms with van der Waals surface area (Å²) in [4.78, 5) is 26.7. The van der Waals surface area contributed by atoms with Crippen molar-refractivity contribution >= 4 is 28.6 Å². The molecular formula is C13H14N4O3S. The quantitative estimate of drug-likeness (QED) is 0.675. The summed E-state index contributed by atoms with van der Waals surface area (Å²) in [7, 11) is 1.81. The number of rotatable bonds is 5. The van der Waals surface area contributed by atoms with Crippen LogP contribution < -0.4 is 10.1 Å². The van der Waals surface area contributed by atoms with Gasteiger partial charge < -0.3 is 9.88 Å². The lowest BCUT2D eigenvalue weighted by molar-refractivity contribution is -0.384. The molecule has 0 fully saturated rings. The first kappa shape index (κ1) is 14.9. The number of para-hydroxylation sites is 2. The molecule has 0 unspecified atom stereocenters. The molecule has 1 heterocycles. The van der Waals surface area contributed by atoms with Crippen molar-refractivity contribution in [3.63, 3.8) is 0 Å². The Kier molecular flexibility index (Phi) is 4.83. The lowest BCUT2D eigenvalue weighted by atomic mass is 10.2. The molecular weight excluding hydrogens is 292 g/mol. The first-order valence-corrected chi connectivity index (χ1v) is 7.11. The van der Waals surface area contributed by atoms with Crippen LogP contribution in [0.15, 0.2) is 40.8 Å². The van der Waals surface area contributed by atoms with Gasteiger partial charge in [-0.1, -0.05) is 12.1 Å². The maximum Gasteiger partial charge on any atom is 0.292 e. The molecule has 2 aromatic rings. The average molecular weight is 306 g/mol. The van der Waals surface area contributed by atoms with Crippen LogP contribution in [0.1, 0.15) is 6.42 Å². The predicted molar refractivity (Wildman–Crippen MR) is 80.1 cm³/mol. The van der Waals surface area contributed by atoms with Gasteiger partial charge in [0.1, 0.15) is 5.69 Å². The number of anilines is 1. The molecule has 0 bridgehead atoms. The number of nitro groups is 1. The number of carbonyl (C=O) groups is 1. The average Bonchev–Trinajstić information content (AvgIpc) is 2.84. The Bertz CT molecular complexity index is 720. The molecule has 0 radical (unpaired) electrons. The van der Waals surface area contributed by atoms with Crippen molar-refractivity contribution in [1.29, 1.82) is 0 Å². The Morgan fingerprint density at radius 1 is 1.48 bits per heavy atom. The maximum atomic E-state index is 11.7. The minimum absolute atomic E-state index is 0.00783. The zero-order chi connectivity index (χ0) is 15.2. The fourth-order valence-electron chi connectivity index (χ4n) is 1.68. The van der Waals surface area contributed by atoms with E-state index in [0.29, 0.717) is 17.0 Å². The Hall–Kier alpha value is -2.48. The van der Waals surface area contributed by atoms with Gasteiger partial charge in [-0.25, -0.2) is 0 Å². The number of hydrogen-bond acceptors (Lipinski definition) is 5. The van der Waals surface area contributed by atoms with Crippen molar-refractivity contribution in [2.75, 3.05) is 11.9 Å². The molecule has 0 aliphatic carbocycles. The van der Waals surface area contributed by atoms with E-state index in [0.717, 1.165) is 0 Å². The Morgan fingerprint density at radius 2 is 2.24 bits per heavy atom. The lowest BCUT2D eigenvalue weighted by Crippen LogP contribution is -2.14. The third-order valence-corrected chi connectivity index (χ3v) is 3.58. The largest absolute Gasteiger partial charge is 0.379 e. The number of nitro benzene ring substituents is 1. The molecule has 0 spiro atoms. The van der Waals surface area contributed by atoms with Gasteiger partial charge in [-0.2, -0.15) is 4.99 Å². The summed E-state index contributed by atoms with van der Waals surface area (Å²) in [6, 6.07) is 6.33. The second-order valence-electron chi connectivity index (χ2n) is 4.25. The van der Waals surface area contributed by atoms with E-state index in [9.17, 15) is 14.9 Å². The molecule has 1 amide bonds. The van der Waals surface area contributed by atoms with E-state index in [1.807, 2.05) is 18.6 Å². The standard InChI is InChI=1S/C13H14N4O3S/c1-16-8-9-21-13(16)15-12(18)6-7-14-10-4-2-3-5-11(10)17(19)20/h2-5,8-9,14H,6-7H2,1H3. The van der Waals surface area contributed by atoms with Crippen LogP contribution in [-0.4, -0.2) is 21.9 Å². The van der Waals surface area contributed by atoms with Gasteiger partial charge in [-0.05, 0) is 6.07 Å². The summed E-state index contributed by atoms with van der Waals surface area (Å²) in [5.74, 6) is -0.265. The molecule has 1 N–H and O–H groups in total. The van der Waals surface area contributed by atoms with E-state index in [2.05, 4.69) is 10.3 Å². The van der Waals surface area contributed by atoms with Gasteiger partial charge in [-0.3, -0.25) is 14.9 Å². The fraction of sp³-hybridized carbons (Fsp3) is 0.231. The Balaban J connectivity index is 1.95. The van der Waals surface area contributed by atoms with Crippen LogP contribution in [-0.2, 0) is 11.8 Å². The SMILES string of the molecule is Cn1ccsc1=NC(=O)CCNc1ccccc1[N+](=O)[O-]. The number of benzene rings is 1. The van der Waals surface area contributed by atoms with Gasteiger partial charge in [0.05, 0.1) is 4.92 Å². The normalized spacial score (nSPS) is 11.4. The van der Waals surface area contributed by atoms with Crippen LogP contribution in [0.2, 0.25) is 0 Å². The zero-order valence-corrected chi connectivity index (χ0v) is 12.2. The lowest BCUT2D eigenvalue weighted by Gasteiger charge is -2.05. The molecule has 7 nitrogen and oxygen atoms in total. The zero-order valence-electron chi connectivity index (χ0n) is 11.4. The molecule has 0 aliphatic rings. The number of nitrogens with zero attached hydrogens (tertiary/aromatic N) is 3. The molecule has 0 saturated heterocycles. The molecule has 8 heteroatoms. The predicted octanol–water partition coefficient (Wildman–Crippen LogP) is 1.92. The fourth-order valence-corrected chi connectivity index (χ4v) is 2.43. The summed E-state index contributed by atoms with van der Waals surface area (Å²) < 4.78 is 1.76. The van der Waals surface area contributed by atoms with Gasteiger partial charge >= 0.3 is 0 Å². The summed E-state index contributed by atoms with van der Waals surface area (Å²) in [6.07, 6.45) is 1.99. The number of hydrogen-bond donors (Lipinski definition) is 1. The van der Waals surface area contributed by atoms with E-state index in [-0.39, 0.29) is 18.0 Å². The minimum atomic E-state index is -0.458. The van der Waals surface area contributed by atoms with Gasteiger partial charge in [-0.15, -0.1) is 11.3 Å². The van der Waals surface area contributed by atoms with Crippen LogP contribution >= 0.6 is 11.3 Å². The number of aryl methyl sites for hydroxylation is 1. The highest BCUT2D eigenvalue weighted by Gasteiger charge is 2.11. The number of carbonyl (C=O) groups excluding carboxylic acids is 1. The van der Waals surface area contributed by atoms with Crippen molar-refractivity contribution < 1.29 is 9.72 Å². The third-order valence-electron chi connectivity index (χ3n) is 2.74. The molecule has 2 rings (SSSR count). The molecule has 0 saturated carbocycles. The minimum Gasteiger partial charge on any atom is -0.379 e.